The molecule has 3 N–H and O–H groups in total. The second-order valence-corrected chi connectivity index (χ2v) is 8.69. The Kier molecular flexibility index (Phi) is 5.92. The van der Waals surface area contributed by atoms with E-state index in [4.69, 9.17) is 5.21 Å². The lowest BCUT2D eigenvalue weighted by Crippen LogP contribution is -2.43. The third-order valence-electron chi connectivity index (χ3n) is 6.38. The molecule has 3 aromatic carbocycles. The summed E-state index contributed by atoms with van der Waals surface area (Å²) in [5.74, 6) is -0.0555. The summed E-state index contributed by atoms with van der Waals surface area (Å²) in [5, 5.41) is 14.5. The van der Waals surface area contributed by atoms with Crippen LogP contribution in [0.4, 0.5) is 5.69 Å². The van der Waals surface area contributed by atoms with Crippen molar-refractivity contribution < 1.29 is 10.0 Å². The lowest BCUT2D eigenvalue weighted by atomic mass is 10.1. The molecule has 1 fully saturated rings. The molecule has 0 amide bonds. The summed E-state index contributed by atoms with van der Waals surface area (Å²) >= 11 is 0. The minimum atomic E-state index is -0.0555. The van der Waals surface area contributed by atoms with Gasteiger partial charge in [-0.3, -0.25) is 20.0 Å². The zero-order chi connectivity index (χ0) is 23.7. The molecule has 0 aliphatic carbocycles. The Bertz CT molecular complexity index is 1410. The van der Waals surface area contributed by atoms with Crippen molar-refractivity contribution in [2.45, 2.75) is 6.92 Å². The van der Waals surface area contributed by atoms with Crippen LogP contribution in [0.1, 0.15) is 21.5 Å². The number of fused-ring (bicyclic) bond motifs is 3. The summed E-state index contributed by atoms with van der Waals surface area (Å²) in [6.45, 7) is 9.51. The number of anilines is 1. The second kappa shape index (κ2) is 9.17. The number of aryl methyl sites for hydroxylation is 1. The van der Waals surface area contributed by atoms with Gasteiger partial charge < -0.3 is 10.2 Å². The Morgan fingerprint density at radius 2 is 1.68 bits per heavy atom. The molecule has 1 saturated heterocycles. The fraction of sp³-hybridized carbons (Fsp3) is 0.179. The molecule has 0 bridgehead atoms. The highest BCUT2D eigenvalue weighted by molar-refractivity contribution is 6.17. The van der Waals surface area contributed by atoms with Crippen LogP contribution in [-0.4, -0.2) is 41.9 Å². The number of carbonyl (C=O) groups excluding carboxylic acids is 1. The molecule has 34 heavy (non-hydrogen) atoms. The van der Waals surface area contributed by atoms with Crippen molar-refractivity contribution in [3.05, 3.63) is 95.7 Å². The molecule has 1 aliphatic rings. The summed E-state index contributed by atoms with van der Waals surface area (Å²) in [6, 6.07) is 20.2. The van der Waals surface area contributed by atoms with Crippen molar-refractivity contribution in [2.24, 2.45) is 0 Å². The summed E-state index contributed by atoms with van der Waals surface area (Å²) in [7, 11) is 0. The largest absolute Gasteiger partial charge is 0.369 e. The smallest absolute Gasteiger partial charge is 0.262 e. The van der Waals surface area contributed by atoms with Gasteiger partial charge in [-0.05, 0) is 48.9 Å². The van der Waals surface area contributed by atoms with Gasteiger partial charge in [0.1, 0.15) is 0 Å². The van der Waals surface area contributed by atoms with E-state index in [1.165, 1.54) is 0 Å². The molecule has 1 aliphatic heterocycles. The third kappa shape index (κ3) is 4.09. The summed E-state index contributed by atoms with van der Waals surface area (Å²) in [6.07, 6.45) is 3.55. The van der Waals surface area contributed by atoms with Crippen LogP contribution in [0.15, 0.2) is 79.0 Å². The van der Waals surface area contributed by atoms with E-state index in [9.17, 15) is 4.79 Å². The fourth-order valence-corrected chi connectivity index (χ4v) is 4.53. The van der Waals surface area contributed by atoms with Gasteiger partial charge in [0.15, 0.2) is 0 Å². The number of hydrogen-bond donors (Lipinski definition) is 3. The lowest BCUT2D eigenvalue weighted by Gasteiger charge is -2.29. The molecule has 0 spiro atoms. The third-order valence-corrected chi connectivity index (χ3v) is 6.38. The Labute approximate surface area is 198 Å². The number of benzene rings is 3. The van der Waals surface area contributed by atoms with Gasteiger partial charge in [0.25, 0.3) is 5.91 Å². The molecular formula is C28H28N4O2. The Morgan fingerprint density at radius 1 is 1.00 bits per heavy atom. The van der Waals surface area contributed by atoms with Crippen LogP contribution < -0.4 is 15.7 Å². The topological polar surface area (TPSA) is 69.5 Å². The lowest BCUT2D eigenvalue weighted by molar-refractivity contribution is 0.0969. The molecule has 2 heterocycles. The zero-order valence-corrected chi connectivity index (χ0v) is 19.2. The summed E-state index contributed by atoms with van der Waals surface area (Å²) in [4.78, 5) is 16.2. The van der Waals surface area contributed by atoms with E-state index in [0.29, 0.717) is 11.3 Å². The number of nitrogens with one attached hydrogen (secondary N) is 2. The molecular weight excluding hydrogens is 424 g/mol. The molecule has 5 rings (SSSR count). The molecule has 6 nitrogen and oxygen atoms in total. The van der Waals surface area contributed by atoms with Gasteiger partial charge in [-0.1, -0.05) is 48.6 Å². The maximum absolute atomic E-state index is 13.8. The molecule has 0 atom stereocenters. The van der Waals surface area contributed by atoms with Crippen molar-refractivity contribution in [3.8, 4) is 0 Å². The van der Waals surface area contributed by atoms with E-state index >= 15 is 0 Å². The number of nitrogens with zero attached hydrogens (tertiary/aromatic N) is 2. The fourth-order valence-electron chi connectivity index (χ4n) is 4.53. The van der Waals surface area contributed by atoms with Crippen molar-refractivity contribution in [1.29, 1.82) is 0 Å². The van der Waals surface area contributed by atoms with E-state index in [-0.39, 0.29) is 5.91 Å². The monoisotopic (exact) mass is 452 g/mol. The number of hydroxylamine groups is 1. The Balaban J connectivity index is 1.71. The average Bonchev–Trinajstić information content (AvgIpc) is 3.20. The first-order chi connectivity index (χ1) is 16.5. The van der Waals surface area contributed by atoms with Crippen LogP contribution in [0.25, 0.3) is 27.9 Å². The van der Waals surface area contributed by atoms with Crippen LogP contribution >= 0.6 is 0 Å². The van der Waals surface area contributed by atoms with Gasteiger partial charge in [0.05, 0.1) is 16.7 Å². The van der Waals surface area contributed by atoms with E-state index in [1.54, 1.807) is 6.08 Å². The Hall–Kier alpha value is -3.87. The number of allylic oxidation sites excluding steroid dienone is 1. The SMILES string of the molecule is C=C(/C=C/c1ccc2c3ccc(N4CCNCC4)cc3n(C(=O)c3ccc(C)cc3)c2c1)NO. The minimum absolute atomic E-state index is 0.0555. The molecule has 1 aromatic heterocycles. The average molecular weight is 453 g/mol. The summed E-state index contributed by atoms with van der Waals surface area (Å²) < 4.78 is 1.83. The Morgan fingerprint density at radius 3 is 2.38 bits per heavy atom. The maximum atomic E-state index is 13.8. The minimum Gasteiger partial charge on any atom is -0.369 e. The number of hydrogen-bond acceptors (Lipinski definition) is 5. The van der Waals surface area contributed by atoms with E-state index in [1.807, 2.05) is 59.4 Å². The number of aromatic nitrogens is 1. The highest BCUT2D eigenvalue weighted by Crippen LogP contribution is 2.33. The van der Waals surface area contributed by atoms with Crippen molar-refractivity contribution in [1.82, 2.24) is 15.4 Å². The normalized spacial score (nSPS) is 14.2. The maximum Gasteiger partial charge on any atom is 0.262 e. The quantitative estimate of drug-likeness (QED) is 0.302. The highest BCUT2D eigenvalue weighted by Gasteiger charge is 2.20. The van der Waals surface area contributed by atoms with Crippen LogP contribution in [0.3, 0.4) is 0 Å². The number of piperazine rings is 1. The summed E-state index contributed by atoms with van der Waals surface area (Å²) in [5.41, 5.74) is 7.97. The van der Waals surface area contributed by atoms with Crippen LogP contribution in [-0.2, 0) is 0 Å². The van der Waals surface area contributed by atoms with Crippen molar-refractivity contribution in [3.63, 3.8) is 0 Å². The molecule has 4 aromatic rings. The second-order valence-electron chi connectivity index (χ2n) is 8.69. The van der Waals surface area contributed by atoms with Gasteiger partial charge in [0.2, 0.25) is 0 Å². The van der Waals surface area contributed by atoms with Gasteiger partial charge in [-0.15, -0.1) is 0 Å². The van der Waals surface area contributed by atoms with Crippen molar-refractivity contribution in [2.75, 3.05) is 31.1 Å². The van der Waals surface area contributed by atoms with E-state index in [0.717, 1.165) is 64.8 Å². The predicted molar refractivity (Wildman–Crippen MR) is 139 cm³/mol. The van der Waals surface area contributed by atoms with Crippen LogP contribution in [0.2, 0.25) is 0 Å². The standard InChI is InChI=1S/C28H28N4O2/c1-19-3-8-22(9-4-19)28(33)32-26-17-21(6-5-20(2)30-34)7-11-24(26)25-12-10-23(18-27(25)32)31-15-13-29-14-16-31/h3-12,17-18,29-30,34H,2,13-16H2,1H3/b6-5+. The van der Waals surface area contributed by atoms with Crippen LogP contribution in [0, 0.1) is 6.92 Å². The molecule has 0 unspecified atom stereocenters. The first-order valence-corrected chi connectivity index (χ1v) is 11.5. The first-order valence-electron chi connectivity index (χ1n) is 11.5. The van der Waals surface area contributed by atoms with Gasteiger partial charge in [0, 0.05) is 48.2 Å². The predicted octanol–water partition coefficient (Wildman–Crippen LogP) is 4.71. The van der Waals surface area contributed by atoms with E-state index < -0.39 is 0 Å². The van der Waals surface area contributed by atoms with Gasteiger partial charge >= 0.3 is 0 Å². The van der Waals surface area contributed by atoms with Crippen LogP contribution in [0.5, 0.6) is 0 Å². The molecule has 0 radical (unpaired) electrons. The van der Waals surface area contributed by atoms with Gasteiger partial charge in [-0.25, -0.2) is 0 Å². The number of rotatable bonds is 5. The number of carbonyl (C=O) groups is 1. The van der Waals surface area contributed by atoms with Crippen molar-refractivity contribution >= 4 is 39.5 Å². The molecule has 6 heteroatoms. The first kappa shape index (κ1) is 21.9. The van der Waals surface area contributed by atoms with E-state index in [2.05, 4.69) is 41.1 Å². The highest BCUT2D eigenvalue weighted by atomic mass is 16.5. The van der Waals surface area contributed by atoms with Gasteiger partial charge in [-0.2, -0.15) is 0 Å². The zero-order valence-electron chi connectivity index (χ0n) is 19.2. The molecule has 172 valence electrons. The molecule has 0 saturated carbocycles.